The Morgan fingerprint density at radius 3 is 2.95 bits per heavy atom. The maximum atomic E-state index is 5.97. The minimum absolute atomic E-state index is 0.162. The average molecular weight is 296 g/mol. The molecule has 5 nitrogen and oxygen atoms in total. The van der Waals surface area contributed by atoms with E-state index in [1.54, 1.807) is 18.2 Å². The highest BCUT2D eigenvalue weighted by Crippen LogP contribution is 2.27. The van der Waals surface area contributed by atoms with Gasteiger partial charge >= 0.3 is 0 Å². The van der Waals surface area contributed by atoms with Crippen molar-refractivity contribution in [1.82, 2.24) is 10.1 Å². The first-order valence-corrected chi connectivity index (χ1v) is 6.97. The number of nitrogens with zero attached hydrogens (tertiary/aromatic N) is 2. The molecular formula is C14H18ClN3O2. The molecule has 0 spiro atoms. The third-order valence-electron chi connectivity index (χ3n) is 2.79. The number of hydrogen-bond donors (Lipinski definition) is 1. The summed E-state index contributed by atoms with van der Waals surface area (Å²) in [4.78, 5) is 4.25. The van der Waals surface area contributed by atoms with E-state index in [-0.39, 0.29) is 12.6 Å². The number of hydrogen-bond acceptors (Lipinski definition) is 5. The molecule has 0 amide bonds. The Kier molecular flexibility index (Phi) is 4.98. The molecule has 1 aromatic heterocycles. The number of ether oxygens (including phenoxy) is 1. The highest BCUT2D eigenvalue weighted by molar-refractivity contribution is 6.30. The predicted molar refractivity (Wildman–Crippen MR) is 76.7 cm³/mol. The highest BCUT2D eigenvalue weighted by Gasteiger charge is 2.11. The van der Waals surface area contributed by atoms with Gasteiger partial charge in [0.05, 0.1) is 0 Å². The fourth-order valence-corrected chi connectivity index (χ4v) is 1.99. The number of nitrogens with two attached hydrogens (primary N) is 1. The van der Waals surface area contributed by atoms with Crippen molar-refractivity contribution in [3.05, 3.63) is 40.5 Å². The summed E-state index contributed by atoms with van der Waals surface area (Å²) in [6, 6.07) is 5.21. The Morgan fingerprint density at radius 2 is 2.25 bits per heavy atom. The van der Waals surface area contributed by atoms with Crippen LogP contribution in [0, 0.1) is 0 Å². The van der Waals surface area contributed by atoms with Gasteiger partial charge in [-0.15, -0.1) is 0 Å². The zero-order valence-electron chi connectivity index (χ0n) is 11.6. The van der Waals surface area contributed by atoms with Crippen LogP contribution in [0.2, 0.25) is 5.02 Å². The molecule has 0 aliphatic rings. The van der Waals surface area contributed by atoms with Gasteiger partial charge < -0.3 is 15.0 Å². The number of aromatic nitrogens is 2. The van der Waals surface area contributed by atoms with Crippen molar-refractivity contribution in [1.29, 1.82) is 0 Å². The van der Waals surface area contributed by atoms with Gasteiger partial charge in [-0.1, -0.05) is 23.7 Å². The lowest BCUT2D eigenvalue weighted by Crippen LogP contribution is -2.08. The van der Waals surface area contributed by atoms with Gasteiger partial charge in [0.25, 0.3) is 0 Å². The lowest BCUT2D eigenvalue weighted by molar-refractivity contribution is 0.281. The maximum absolute atomic E-state index is 5.97. The van der Waals surface area contributed by atoms with Crippen LogP contribution >= 0.6 is 11.6 Å². The van der Waals surface area contributed by atoms with Crippen LogP contribution in [-0.4, -0.2) is 10.1 Å². The van der Waals surface area contributed by atoms with E-state index in [9.17, 15) is 0 Å². The molecule has 0 radical (unpaired) electrons. The molecule has 1 heterocycles. The normalized spacial score (nSPS) is 12.4. The van der Waals surface area contributed by atoms with E-state index in [4.69, 9.17) is 26.6 Å². The zero-order chi connectivity index (χ0) is 14.5. The van der Waals surface area contributed by atoms with Gasteiger partial charge in [0.2, 0.25) is 11.7 Å². The summed E-state index contributed by atoms with van der Waals surface area (Å²) in [5.74, 6) is 1.85. The number of benzene rings is 1. The van der Waals surface area contributed by atoms with Crippen LogP contribution in [0.1, 0.15) is 43.6 Å². The monoisotopic (exact) mass is 295 g/mol. The minimum atomic E-state index is -0.162. The first-order valence-electron chi connectivity index (χ1n) is 6.59. The Hall–Kier alpha value is -1.59. The Labute approximate surface area is 123 Å². The summed E-state index contributed by atoms with van der Waals surface area (Å²) in [6.45, 7) is 4.18. The smallest absolute Gasteiger partial charge is 0.226 e. The maximum Gasteiger partial charge on any atom is 0.226 e. The standard InChI is InChI=1S/C14H18ClN3O2/c1-3-4-14-17-13(18-20-14)8-19-12-6-5-10(15)7-11(12)9(2)16/h5-7,9H,3-4,8,16H2,1-2H3/t9-/m1/s1. The minimum Gasteiger partial charge on any atom is -0.485 e. The largest absolute Gasteiger partial charge is 0.485 e. The van der Waals surface area contributed by atoms with Gasteiger partial charge in [0.1, 0.15) is 5.75 Å². The van der Waals surface area contributed by atoms with Crippen molar-refractivity contribution in [3.63, 3.8) is 0 Å². The second-order valence-corrected chi connectivity index (χ2v) is 5.05. The molecular weight excluding hydrogens is 278 g/mol. The zero-order valence-corrected chi connectivity index (χ0v) is 12.4. The van der Waals surface area contributed by atoms with Gasteiger partial charge in [-0.25, -0.2) is 0 Å². The molecule has 1 aromatic carbocycles. The van der Waals surface area contributed by atoms with E-state index >= 15 is 0 Å². The summed E-state index contributed by atoms with van der Waals surface area (Å²) in [5, 5.41) is 4.51. The van der Waals surface area contributed by atoms with Crippen molar-refractivity contribution in [2.24, 2.45) is 5.73 Å². The quantitative estimate of drug-likeness (QED) is 0.885. The van der Waals surface area contributed by atoms with Crippen molar-refractivity contribution in [3.8, 4) is 5.75 Å². The molecule has 108 valence electrons. The summed E-state index contributed by atoms with van der Waals surface area (Å²) in [5.41, 5.74) is 6.76. The van der Waals surface area contributed by atoms with Crippen molar-refractivity contribution >= 4 is 11.6 Å². The lowest BCUT2D eigenvalue weighted by atomic mass is 10.1. The molecule has 0 aliphatic heterocycles. The highest BCUT2D eigenvalue weighted by atomic mass is 35.5. The summed E-state index contributed by atoms with van der Waals surface area (Å²) >= 11 is 5.97. The van der Waals surface area contributed by atoms with Crippen LogP contribution in [0.25, 0.3) is 0 Å². The molecule has 2 aromatic rings. The van der Waals surface area contributed by atoms with Crippen LogP contribution in [0.5, 0.6) is 5.75 Å². The Bertz CT molecular complexity index is 569. The fraction of sp³-hybridized carbons (Fsp3) is 0.429. The van der Waals surface area contributed by atoms with Crippen molar-refractivity contribution in [2.75, 3.05) is 0 Å². The molecule has 2 rings (SSSR count). The van der Waals surface area contributed by atoms with Crippen LogP contribution in [0.3, 0.4) is 0 Å². The third kappa shape index (κ3) is 3.71. The van der Waals surface area contributed by atoms with Gasteiger partial charge in [-0.05, 0) is 31.5 Å². The van der Waals surface area contributed by atoms with Crippen molar-refractivity contribution < 1.29 is 9.26 Å². The van der Waals surface area contributed by atoms with E-state index in [1.165, 1.54) is 0 Å². The molecule has 1 atom stereocenters. The Morgan fingerprint density at radius 1 is 1.45 bits per heavy atom. The van der Waals surface area contributed by atoms with Crippen molar-refractivity contribution in [2.45, 2.75) is 39.3 Å². The number of rotatable bonds is 6. The topological polar surface area (TPSA) is 74.2 Å². The molecule has 0 unspecified atom stereocenters. The van der Waals surface area contributed by atoms with Crippen LogP contribution in [0.15, 0.2) is 22.7 Å². The summed E-state index contributed by atoms with van der Waals surface area (Å²) < 4.78 is 10.8. The van der Waals surface area contributed by atoms with Crippen LogP contribution < -0.4 is 10.5 Å². The molecule has 20 heavy (non-hydrogen) atoms. The van der Waals surface area contributed by atoms with Gasteiger partial charge in [-0.3, -0.25) is 0 Å². The summed E-state index contributed by atoms with van der Waals surface area (Å²) in [6.07, 6.45) is 1.74. The van der Waals surface area contributed by atoms with E-state index in [0.29, 0.717) is 22.5 Å². The first-order chi connectivity index (χ1) is 9.60. The Balaban J connectivity index is 2.06. The second-order valence-electron chi connectivity index (χ2n) is 4.61. The molecule has 0 saturated heterocycles. The van der Waals surface area contributed by atoms with Gasteiger partial charge in [0, 0.05) is 23.0 Å². The van der Waals surface area contributed by atoms with E-state index in [2.05, 4.69) is 17.1 Å². The van der Waals surface area contributed by atoms with E-state index < -0.39 is 0 Å². The molecule has 0 bridgehead atoms. The predicted octanol–water partition coefficient (Wildman–Crippen LogP) is 3.27. The fourth-order valence-electron chi connectivity index (χ4n) is 1.81. The van der Waals surface area contributed by atoms with Gasteiger partial charge in [0.15, 0.2) is 6.61 Å². The first kappa shape index (κ1) is 14.8. The SMILES string of the molecule is CCCc1nc(COc2ccc(Cl)cc2[C@@H](C)N)no1. The average Bonchev–Trinajstić information content (AvgIpc) is 2.85. The van der Waals surface area contributed by atoms with Gasteiger partial charge in [-0.2, -0.15) is 4.98 Å². The van der Waals surface area contributed by atoms with E-state index in [0.717, 1.165) is 18.4 Å². The summed E-state index contributed by atoms with van der Waals surface area (Å²) in [7, 11) is 0. The molecule has 0 saturated carbocycles. The number of halogens is 1. The lowest BCUT2D eigenvalue weighted by Gasteiger charge is -2.13. The number of aryl methyl sites for hydroxylation is 1. The van der Waals surface area contributed by atoms with Crippen LogP contribution in [0.4, 0.5) is 0 Å². The molecule has 2 N–H and O–H groups in total. The molecule has 0 aliphatic carbocycles. The molecule has 0 fully saturated rings. The van der Waals surface area contributed by atoms with E-state index in [1.807, 2.05) is 6.92 Å². The van der Waals surface area contributed by atoms with Crippen LogP contribution in [-0.2, 0) is 13.0 Å². The molecule has 6 heteroatoms. The second kappa shape index (κ2) is 6.72. The third-order valence-corrected chi connectivity index (χ3v) is 3.03.